The highest BCUT2D eigenvalue weighted by Crippen LogP contribution is 2.39. The van der Waals surface area contributed by atoms with Gasteiger partial charge in [-0.3, -0.25) is 4.79 Å². The molecular weight excluding hydrogens is 475 g/mol. The van der Waals surface area contributed by atoms with E-state index in [-0.39, 0.29) is 5.43 Å². The monoisotopic (exact) mass is 501 g/mol. The lowest BCUT2D eigenvalue weighted by atomic mass is 9.86. The molecule has 4 aromatic rings. The first-order chi connectivity index (χ1) is 16.6. The van der Waals surface area contributed by atoms with Crippen molar-refractivity contribution in [2.75, 3.05) is 7.11 Å². The van der Waals surface area contributed by atoms with Crippen molar-refractivity contribution in [2.24, 2.45) is 5.92 Å². The molecule has 0 radical (unpaired) electrons. The number of methoxy groups -OCH3 is 1. The van der Waals surface area contributed by atoms with Crippen molar-refractivity contribution in [2.45, 2.75) is 38.1 Å². The Kier molecular flexibility index (Phi) is 7.05. The number of aliphatic hydroxyl groups is 1. The Hall–Kier alpha value is -3.10. The molecule has 1 N–H and O–H groups in total. The average molecular weight is 502 g/mol. The minimum atomic E-state index is -4.87. The third kappa shape index (κ3) is 5.28. The number of hydrogen-bond acceptors (Lipinski definition) is 4. The van der Waals surface area contributed by atoms with E-state index in [2.05, 4.69) is 0 Å². The number of pyridine rings is 1. The van der Waals surface area contributed by atoms with Crippen molar-refractivity contribution in [3.63, 3.8) is 0 Å². The minimum absolute atomic E-state index is 0.279. The van der Waals surface area contributed by atoms with Gasteiger partial charge in [-0.25, -0.2) is 0 Å². The Morgan fingerprint density at radius 1 is 1.09 bits per heavy atom. The highest BCUT2D eigenvalue weighted by Gasteiger charge is 2.54. The number of nitrogens with zero attached hydrogens (tertiary/aromatic N) is 1. The Morgan fingerprint density at radius 2 is 1.86 bits per heavy atom. The standard InChI is InChI=1S/C27H26F3NO3S/c1-18(14-20-15-19(9-10-24(20)34-2)25-8-5-13-35-25)16-26(33,27(28,29)30)17-31-12-11-23(32)21-6-3-4-7-22(21)31/h3-13,15,18,33H,14,16-17H2,1-2H3. The van der Waals surface area contributed by atoms with Gasteiger partial charge in [0.15, 0.2) is 11.0 Å². The Balaban J connectivity index is 1.62. The van der Waals surface area contributed by atoms with E-state index >= 15 is 0 Å². The van der Waals surface area contributed by atoms with Crippen LogP contribution in [0.2, 0.25) is 0 Å². The van der Waals surface area contributed by atoms with E-state index < -0.39 is 30.7 Å². The maximum atomic E-state index is 14.2. The number of benzene rings is 2. The molecule has 0 aliphatic heterocycles. The number of alkyl halides is 3. The van der Waals surface area contributed by atoms with E-state index in [4.69, 9.17) is 4.74 Å². The highest BCUT2D eigenvalue weighted by atomic mass is 32.1. The van der Waals surface area contributed by atoms with Crippen LogP contribution in [0.1, 0.15) is 18.9 Å². The van der Waals surface area contributed by atoms with Crippen molar-refractivity contribution in [3.8, 4) is 16.2 Å². The summed E-state index contributed by atoms with van der Waals surface area (Å²) >= 11 is 1.58. The normalized spacial score (nSPS) is 14.6. The van der Waals surface area contributed by atoms with Crippen LogP contribution in [0.25, 0.3) is 21.3 Å². The molecule has 0 saturated carbocycles. The quantitative estimate of drug-likeness (QED) is 0.308. The van der Waals surface area contributed by atoms with Gasteiger partial charge in [-0.1, -0.05) is 25.1 Å². The van der Waals surface area contributed by atoms with Crippen LogP contribution in [0.3, 0.4) is 0 Å². The number of halogens is 3. The number of hydrogen-bond donors (Lipinski definition) is 1. The van der Waals surface area contributed by atoms with Gasteiger partial charge in [0, 0.05) is 22.5 Å². The number of aromatic nitrogens is 1. The van der Waals surface area contributed by atoms with Crippen LogP contribution in [0.4, 0.5) is 13.2 Å². The van der Waals surface area contributed by atoms with Gasteiger partial charge in [-0.05, 0) is 71.7 Å². The summed E-state index contributed by atoms with van der Waals surface area (Å²) in [7, 11) is 1.53. The van der Waals surface area contributed by atoms with Crippen LogP contribution in [-0.2, 0) is 13.0 Å². The molecule has 2 heterocycles. The zero-order chi connectivity index (χ0) is 25.2. The molecule has 4 rings (SSSR count). The third-order valence-electron chi connectivity index (χ3n) is 6.18. The van der Waals surface area contributed by atoms with Gasteiger partial charge < -0.3 is 14.4 Å². The zero-order valence-electron chi connectivity index (χ0n) is 19.4. The molecule has 184 valence electrons. The molecule has 0 spiro atoms. The highest BCUT2D eigenvalue weighted by molar-refractivity contribution is 7.13. The van der Waals surface area contributed by atoms with Crippen molar-refractivity contribution in [3.05, 3.63) is 88.0 Å². The van der Waals surface area contributed by atoms with Crippen molar-refractivity contribution < 1.29 is 23.0 Å². The van der Waals surface area contributed by atoms with Gasteiger partial charge in [0.25, 0.3) is 0 Å². The maximum absolute atomic E-state index is 14.2. The number of thiophene rings is 1. The van der Waals surface area contributed by atoms with Crippen molar-refractivity contribution >= 4 is 22.2 Å². The second kappa shape index (κ2) is 9.87. The van der Waals surface area contributed by atoms with Crippen LogP contribution >= 0.6 is 11.3 Å². The number of fused-ring (bicyclic) bond motifs is 1. The lowest BCUT2D eigenvalue weighted by Crippen LogP contribution is -2.50. The molecule has 2 aromatic heterocycles. The predicted molar refractivity (Wildman–Crippen MR) is 133 cm³/mol. The fraction of sp³-hybridized carbons (Fsp3) is 0.296. The topological polar surface area (TPSA) is 51.5 Å². The summed E-state index contributed by atoms with van der Waals surface area (Å²) in [4.78, 5) is 13.2. The summed E-state index contributed by atoms with van der Waals surface area (Å²) in [5.41, 5.74) is -1.17. The fourth-order valence-corrected chi connectivity index (χ4v) is 5.23. The van der Waals surface area contributed by atoms with Crippen LogP contribution in [0, 0.1) is 5.92 Å². The van der Waals surface area contributed by atoms with Gasteiger partial charge in [-0.2, -0.15) is 13.2 Å². The second-order valence-corrected chi connectivity index (χ2v) is 9.82. The molecule has 0 bridgehead atoms. The molecule has 2 aromatic carbocycles. The molecule has 8 heteroatoms. The van der Waals surface area contributed by atoms with Gasteiger partial charge in [-0.15, -0.1) is 11.3 Å². The van der Waals surface area contributed by atoms with E-state index in [1.807, 2.05) is 35.7 Å². The molecule has 0 fully saturated rings. The van der Waals surface area contributed by atoms with E-state index in [1.165, 1.54) is 23.9 Å². The lowest BCUT2D eigenvalue weighted by molar-refractivity contribution is -0.270. The lowest BCUT2D eigenvalue weighted by Gasteiger charge is -2.34. The summed E-state index contributed by atoms with van der Waals surface area (Å²) < 4.78 is 49.4. The molecule has 2 unspecified atom stereocenters. The van der Waals surface area contributed by atoms with Gasteiger partial charge in [0.1, 0.15) is 5.75 Å². The number of ether oxygens (including phenoxy) is 1. The molecule has 4 nitrogen and oxygen atoms in total. The fourth-order valence-electron chi connectivity index (χ4n) is 4.51. The predicted octanol–water partition coefficient (Wildman–Crippen LogP) is 6.30. The summed E-state index contributed by atoms with van der Waals surface area (Å²) in [6, 6.07) is 17.3. The van der Waals surface area contributed by atoms with E-state index in [1.54, 1.807) is 42.5 Å². The number of rotatable bonds is 8. The van der Waals surface area contributed by atoms with Crippen LogP contribution < -0.4 is 10.2 Å². The third-order valence-corrected chi connectivity index (χ3v) is 7.10. The van der Waals surface area contributed by atoms with E-state index in [0.29, 0.717) is 23.1 Å². The zero-order valence-corrected chi connectivity index (χ0v) is 20.2. The number of para-hydroxylation sites is 1. The summed E-state index contributed by atoms with van der Waals surface area (Å²) in [6.07, 6.45) is -3.77. The molecule has 0 aliphatic carbocycles. The summed E-state index contributed by atoms with van der Waals surface area (Å²) in [6.45, 7) is 0.978. The second-order valence-electron chi connectivity index (χ2n) is 8.87. The first-order valence-corrected chi connectivity index (χ1v) is 12.1. The Labute approximate surface area is 205 Å². The van der Waals surface area contributed by atoms with Crippen LogP contribution in [-0.4, -0.2) is 28.6 Å². The molecule has 2 atom stereocenters. The maximum Gasteiger partial charge on any atom is 0.418 e. The Bertz CT molecular complexity index is 1360. The first-order valence-electron chi connectivity index (χ1n) is 11.2. The molecular formula is C27H26F3NO3S. The summed E-state index contributed by atoms with van der Waals surface area (Å²) in [5.74, 6) is 0.0823. The van der Waals surface area contributed by atoms with Gasteiger partial charge in [0.2, 0.25) is 0 Å². The molecule has 0 aliphatic rings. The SMILES string of the molecule is COc1ccc(-c2cccs2)cc1CC(C)CC(O)(Cn1ccc(=O)c2ccccc21)C(F)(F)F. The largest absolute Gasteiger partial charge is 0.496 e. The van der Waals surface area contributed by atoms with Gasteiger partial charge >= 0.3 is 6.18 Å². The summed E-state index contributed by atoms with van der Waals surface area (Å²) in [5, 5.41) is 13.2. The Morgan fingerprint density at radius 3 is 2.54 bits per heavy atom. The molecule has 0 amide bonds. The minimum Gasteiger partial charge on any atom is -0.496 e. The smallest absolute Gasteiger partial charge is 0.418 e. The van der Waals surface area contributed by atoms with Crippen molar-refractivity contribution in [1.29, 1.82) is 0 Å². The first kappa shape index (κ1) is 25.0. The van der Waals surface area contributed by atoms with E-state index in [9.17, 15) is 23.1 Å². The van der Waals surface area contributed by atoms with Crippen LogP contribution in [0.15, 0.2) is 77.0 Å². The van der Waals surface area contributed by atoms with E-state index in [0.717, 1.165) is 16.0 Å². The van der Waals surface area contributed by atoms with Crippen molar-refractivity contribution in [1.82, 2.24) is 4.57 Å². The van der Waals surface area contributed by atoms with Gasteiger partial charge in [0.05, 0.1) is 19.2 Å². The molecule has 0 saturated heterocycles. The molecule has 35 heavy (non-hydrogen) atoms. The van der Waals surface area contributed by atoms with Crippen LogP contribution in [0.5, 0.6) is 5.75 Å². The average Bonchev–Trinajstić information content (AvgIpc) is 3.35.